The van der Waals surface area contributed by atoms with E-state index in [-0.39, 0.29) is 11.7 Å². The molecule has 0 aliphatic carbocycles. The van der Waals surface area contributed by atoms with Crippen molar-refractivity contribution in [2.75, 3.05) is 0 Å². The molecule has 0 spiro atoms. The molecule has 0 aliphatic rings. The Morgan fingerprint density at radius 3 is 2.72 bits per heavy atom. The lowest BCUT2D eigenvalue weighted by Crippen LogP contribution is -2.21. The van der Waals surface area contributed by atoms with Crippen LogP contribution in [0.1, 0.15) is 30.8 Å². The summed E-state index contributed by atoms with van der Waals surface area (Å²) < 4.78 is 12.9. The van der Waals surface area contributed by atoms with Crippen LogP contribution in [-0.4, -0.2) is 15.9 Å². The summed E-state index contributed by atoms with van der Waals surface area (Å²) in [6, 6.07) is 6.02. The van der Waals surface area contributed by atoms with Crippen LogP contribution < -0.4 is 5.32 Å². The summed E-state index contributed by atoms with van der Waals surface area (Å²) in [4.78, 5) is 17.1. The van der Waals surface area contributed by atoms with Crippen molar-refractivity contribution in [2.45, 2.75) is 26.8 Å². The van der Waals surface area contributed by atoms with Crippen LogP contribution in [0.5, 0.6) is 0 Å². The van der Waals surface area contributed by atoms with Crippen LogP contribution in [0, 0.1) is 17.1 Å². The van der Waals surface area contributed by atoms with Crippen molar-refractivity contribution < 1.29 is 9.18 Å². The monoisotopic (exact) mass is 377 g/mol. The Balaban J connectivity index is 1.98. The van der Waals surface area contributed by atoms with Gasteiger partial charge in [0.25, 0.3) is 0 Å². The molecule has 0 saturated carbocycles. The van der Waals surface area contributed by atoms with Crippen LogP contribution in [0.25, 0.3) is 0 Å². The maximum absolute atomic E-state index is 12.9. The maximum atomic E-state index is 12.9. The zero-order chi connectivity index (χ0) is 18.2. The van der Waals surface area contributed by atoms with E-state index in [1.165, 1.54) is 41.3 Å². The number of aromatic nitrogens is 1. The average Bonchev–Trinajstić information content (AvgIpc) is 3.08. The SMILES string of the molecule is CC(C)CC(=CC(=O)NCc1ccc(F)cc1)SC(=N)c1nccs1. The Morgan fingerprint density at radius 2 is 2.12 bits per heavy atom. The fraction of sp³-hybridized carbons (Fsp3) is 0.278. The zero-order valence-electron chi connectivity index (χ0n) is 14.1. The molecule has 1 heterocycles. The molecule has 0 unspecified atom stereocenters. The Morgan fingerprint density at radius 1 is 1.40 bits per heavy atom. The van der Waals surface area contributed by atoms with Gasteiger partial charge in [-0.05, 0) is 34.9 Å². The van der Waals surface area contributed by atoms with Gasteiger partial charge in [0.15, 0.2) is 0 Å². The van der Waals surface area contributed by atoms with Crippen LogP contribution in [-0.2, 0) is 11.3 Å². The Bertz CT molecular complexity index is 740. The third kappa shape index (κ3) is 6.80. The summed E-state index contributed by atoms with van der Waals surface area (Å²) in [6.45, 7) is 4.47. The number of hydrogen-bond acceptors (Lipinski definition) is 5. The average molecular weight is 378 g/mol. The van der Waals surface area contributed by atoms with Crippen LogP contribution in [0.4, 0.5) is 4.39 Å². The highest BCUT2D eigenvalue weighted by atomic mass is 32.2. The van der Waals surface area contributed by atoms with Crippen molar-refractivity contribution in [3.63, 3.8) is 0 Å². The number of nitrogens with zero attached hydrogens (tertiary/aromatic N) is 1. The molecule has 4 nitrogen and oxygen atoms in total. The molecule has 2 aromatic rings. The largest absolute Gasteiger partial charge is 0.348 e. The van der Waals surface area contributed by atoms with Crippen molar-refractivity contribution in [1.29, 1.82) is 5.41 Å². The number of nitrogens with one attached hydrogen (secondary N) is 2. The maximum Gasteiger partial charge on any atom is 0.245 e. The molecule has 0 fully saturated rings. The van der Waals surface area contributed by atoms with Gasteiger partial charge in [0.2, 0.25) is 5.91 Å². The van der Waals surface area contributed by atoms with Gasteiger partial charge in [-0.25, -0.2) is 9.37 Å². The van der Waals surface area contributed by atoms with Gasteiger partial charge < -0.3 is 5.32 Å². The number of halogens is 1. The van der Waals surface area contributed by atoms with E-state index < -0.39 is 0 Å². The summed E-state index contributed by atoms with van der Waals surface area (Å²) in [5.41, 5.74) is 0.830. The normalized spacial score (nSPS) is 11.6. The van der Waals surface area contributed by atoms with E-state index in [2.05, 4.69) is 24.1 Å². The number of carbonyl (C=O) groups is 1. The van der Waals surface area contributed by atoms with Crippen LogP contribution in [0.2, 0.25) is 0 Å². The minimum absolute atomic E-state index is 0.223. The molecular weight excluding hydrogens is 357 g/mol. The molecule has 2 N–H and O–H groups in total. The first-order chi connectivity index (χ1) is 11.9. The van der Waals surface area contributed by atoms with Crippen molar-refractivity contribution in [3.05, 3.63) is 63.2 Å². The molecule has 0 bridgehead atoms. The quantitative estimate of drug-likeness (QED) is 0.421. The minimum atomic E-state index is -0.300. The molecule has 2 rings (SSSR count). The van der Waals surface area contributed by atoms with Gasteiger partial charge in [0.05, 0.1) is 0 Å². The second kappa shape index (κ2) is 9.48. The molecule has 0 atom stereocenters. The molecule has 0 saturated heterocycles. The first-order valence-electron chi connectivity index (χ1n) is 7.83. The smallest absolute Gasteiger partial charge is 0.245 e. The van der Waals surface area contributed by atoms with E-state index in [1.54, 1.807) is 18.3 Å². The molecule has 132 valence electrons. The summed E-state index contributed by atoms with van der Waals surface area (Å²) in [7, 11) is 0. The van der Waals surface area contributed by atoms with Crippen LogP contribution >= 0.6 is 23.1 Å². The molecular formula is C18H20FN3OS2. The zero-order valence-corrected chi connectivity index (χ0v) is 15.7. The second-order valence-electron chi connectivity index (χ2n) is 5.82. The molecule has 1 aromatic carbocycles. The summed E-state index contributed by atoms with van der Waals surface area (Å²) in [5, 5.41) is 13.7. The van der Waals surface area contributed by atoms with E-state index in [9.17, 15) is 9.18 Å². The minimum Gasteiger partial charge on any atom is -0.348 e. The highest BCUT2D eigenvalue weighted by Gasteiger charge is 2.12. The number of carbonyl (C=O) groups excluding carboxylic acids is 1. The highest BCUT2D eigenvalue weighted by Crippen LogP contribution is 2.27. The summed E-state index contributed by atoms with van der Waals surface area (Å²) >= 11 is 2.67. The molecule has 1 amide bonds. The standard InChI is InChI=1S/C18H20FN3OS2/c1-12(2)9-15(25-17(20)18-21-7-8-24-18)10-16(23)22-11-13-3-5-14(19)6-4-13/h3-8,10,12,20H,9,11H2,1-2H3,(H,22,23). The Hall–Kier alpha value is -1.99. The Labute approximate surface area is 155 Å². The van der Waals surface area contributed by atoms with Crippen molar-refractivity contribution >= 4 is 34.0 Å². The van der Waals surface area contributed by atoms with Gasteiger partial charge in [-0.2, -0.15) is 0 Å². The van der Waals surface area contributed by atoms with E-state index in [4.69, 9.17) is 5.41 Å². The number of thioether (sulfide) groups is 1. The number of hydrogen-bond donors (Lipinski definition) is 2. The second-order valence-corrected chi connectivity index (χ2v) is 7.85. The highest BCUT2D eigenvalue weighted by molar-refractivity contribution is 8.17. The number of rotatable bonds is 7. The van der Waals surface area contributed by atoms with Crippen LogP contribution in [0.15, 0.2) is 46.8 Å². The van der Waals surface area contributed by atoms with Gasteiger partial charge in [-0.1, -0.05) is 37.7 Å². The number of benzene rings is 1. The van der Waals surface area contributed by atoms with Gasteiger partial charge in [-0.15, -0.1) is 11.3 Å². The fourth-order valence-corrected chi connectivity index (χ4v) is 3.76. The van der Waals surface area contributed by atoms with E-state index in [0.29, 0.717) is 28.9 Å². The van der Waals surface area contributed by atoms with E-state index >= 15 is 0 Å². The number of amides is 1. The molecule has 1 aromatic heterocycles. The number of allylic oxidation sites excluding steroid dienone is 1. The van der Waals surface area contributed by atoms with Crippen molar-refractivity contribution in [3.8, 4) is 0 Å². The molecule has 0 radical (unpaired) electrons. The third-order valence-electron chi connectivity index (χ3n) is 3.14. The van der Waals surface area contributed by atoms with Crippen LogP contribution in [0.3, 0.4) is 0 Å². The van der Waals surface area contributed by atoms with Crippen molar-refractivity contribution in [1.82, 2.24) is 10.3 Å². The Kier molecular flexibility index (Phi) is 7.33. The summed E-state index contributed by atoms with van der Waals surface area (Å²) in [5.74, 6) is -0.154. The van der Waals surface area contributed by atoms with Gasteiger partial charge in [0, 0.05) is 24.2 Å². The fourth-order valence-electron chi connectivity index (χ4n) is 2.03. The van der Waals surface area contributed by atoms with E-state index in [0.717, 1.165) is 10.5 Å². The molecule has 25 heavy (non-hydrogen) atoms. The van der Waals surface area contributed by atoms with Gasteiger partial charge >= 0.3 is 0 Å². The van der Waals surface area contributed by atoms with Crippen molar-refractivity contribution in [2.24, 2.45) is 5.92 Å². The predicted octanol–water partition coefficient (Wildman–Crippen LogP) is 4.59. The first-order valence-corrected chi connectivity index (χ1v) is 9.52. The lowest BCUT2D eigenvalue weighted by molar-refractivity contribution is -0.116. The lowest BCUT2D eigenvalue weighted by Gasteiger charge is -2.10. The van der Waals surface area contributed by atoms with Gasteiger partial charge in [0.1, 0.15) is 15.9 Å². The topological polar surface area (TPSA) is 65.8 Å². The van der Waals surface area contributed by atoms with Gasteiger partial charge in [-0.3, -0.25) is 10.2 Å². The third-order valence-corrected chi connectivity index (χ3v) is 5.01. The molecule has 0 aliphatic heterocycles. The van der Waals surface area contributed by atoms with E-state index in [1.807, 2.05) is 5.38 Å². The predicted molar refractivity (Wildman–Crippen MR) is 102 cm³/mol. The number of thiazole rings is 1. The lowest BCUT2D eigenvalue weighted by atomic mass is 10.1. The molecule has 7 heteroatoms. The summed E-state index contributed by atoms with van der Waals surface area (Å²) in [6.07, 6.45) is 3.91. The first kappa shape index (κ1) is 19.3.